The highest BCUT2D eigenvalue weighted by atomic mass is 127. The minimum absolute atomic E-state index is 0.145. The second kappa shape index (κ2) is 10.9. The van der Waals surface area contributed by atoms with Gasteiger partial charge in [0.05, 0.1) is 10.9 Å². The Labute approximate surface area is 215 Å². The first kappa shape index (κ1) is 22.8. The normalized spacial score (nSPS) is 10.9. The van der Waals surface area contributed by atoms with Crippen LogP contribution in [0.4, 0.5) is 0 Å². The number of ether oxygens (including phenoxy) is 1. The van der Waals surface area contributed by atoms with E-state index in [1.165, 1.54) is 27.4 Å². The van der Waals surface area contributed by atoms with Gasteiger partial charge in [0.2, 0.25) is 0 Å². The Morgan fingerprint density at radius 3 is 1.38 bits per heavy atom. The van der Waals surface area contributed by atoms with E-state index in [0.29, 0.717) is 0 Å². The van der Waals surface area contributed by atoms with E-state index in [9.17, 15) is 0 Å². The summed E-state index contributed by atoms with van der Waals surface area (Å²) < 4.78 is 8.98. The van der Waals surface area contributed by atoms with Crippen molar-refractivity contribution in [3.8, 4) is 11.5 Å². The van der Waals surface area contributed by atoms with Crippen molar-refractivity contribution >= 4 is 10.9 Å². The predicted molar refractivity (Wildman–Crippen MR) is 137 cm³/mol. The van der Waals surface area contributed by atoms with Gasteiger partial charge >= 0.3 is 21.2 Å². The first-order chi connectivity index (χ1) is 16.7. The molecule has 166 valence electrons. The van der Waals surface area contributed by atoms with E-state index in [0.717, 1.165) is 11.5 Å². The molecule has 0 atom stereocenters. The van der Waals surface area contributed by atoms with Crippen LogP contribution >= 0.6 is 0 Å². The van der Waals surface area contributed by atoms with E-state index in [4.69, 9.17) is 4.74 Å². The van der Waals surface area contributed by atoms with E-state index in [1.54, 1.807) is 0 Å². The maximum absolute atomic E-state index is 6.16. The molecule has 0 radical (unpaired) electrons. The fraction of sp³-hybridized carbons (Fsp3) is 0.0323. The second-order valence-corrected chi connectivity index (χ2v) is 12.9. The third kappa shape index (κ3) is 5.72. The first-order valence-corrected chi connectivity index (χ1v) is 14.6. The third-order valence-corrected chi connectivity index (χ3v) is 10.2. The monoisotopic (exact) mass is 572 g/mol. The van der Waals surface area contributed by atoms with Crippen LogP contribution in [0.25, 0.3) is 0 Å². The Hall–Kier alpha value is -3.02. The van der Waals surface area contributed by atoms with Crippen LogP contribution in [-0.4, -0.2) is 0 Å². The zero-order chi connectivity index (χ0) is 23.2. The van der Waals surface area contributed by atoms with E-state index in [-0.39, 0.29) is 32.1 Å². The molecule has 5 aromatic carbocycles. The van der Waals surface area contributed by atoms with Crippen molar-refractivity contribution in [2.45, 2.75) is 21.6 Å². The first-order valence-electron chi connectivity index (χ1n) is 11.2. The summed E-state index contributed by atoms with van der Waals surface area (Å²) in [7, 11) is -0.145. The number of benzene rings is 5. The molecule has 0 aliphatic heterocycles. The molecule has 0 aliphatic rings. The van der Waals surface area contributed by atoms with Crippen LogP contribution in [0.15, 0.2) is 148 Å². The molecule has 3 heteroatoms. The minimum Gasteiger partial charge on any atom is -0.457 e. The van der Waals surface area contributed by atoms with Crippen LogP contribution in [0, 0.1) is 14.1 Å². The van der Waals surface area contributed by atoms with Gasteiger partial charge in [-0.2, -0.15) is 0 Å². The highest BCUT2D eigenvalue weighted by Gasteiger charge is 2.28. The molecular formula is C31H25IOS+2. The Bertz CT molecular complexity index is 1280. The average molecular weight is 573 g/mol. The fourth-order valence-electron chi connectivity index (χ4n) is 3.59. The molecule has 5 rings (SSSR count). The zero-order valence-electron chi connectivity index (χ0n) is 18.9. The van der Waals surface area contributed by atoms with Crippen LogP contribution in [0.1, 0.15) is 5.56 Å². The molecule has 0 aliphatic carbocycles. The molecule has 0 bridgehead atoms. The molecule has 0 amide bonds. The lowest BCUT2D eigenvalue weighted by Gasteiger charge is -2.09. The average Bonchev–Trinajstić information content (AvgIpc) is 2.89. The molecule has 0 N–H and O–H groups in total. The van der Waals surface area contributed by atoms with Gasteiger partial charge < -0.3 is 4.74 Å². The highest BCUT2D eigenvalue weighted by molar-refractivity contribution is 7.97. The molecule has 0 aromatic heterocycles. The summed E-state index contributed by atoms with van der Waals surface area (Å²) >= 11 is -0.169. The molecular weight excluding hydrogens is 547 g/mol. The fourth-order valence-corrected chi connectivity index (χ4v) is 7.83. The number of aryl methyl sites for hydroxylation is 1. The van der Waals surface area contributed by atoms with Crippen LogP contribution in [0.3, 0.4) is 0 Å². The smallest absolute Gasteiger partial charge is 0.357 e. The van der Waals surface area contributed by atoms with E-state index in [2.05, 4.69) is 140 Å². The highest BCUT2D eigenvalue weighted by Crippen LogP contribution is 2.32. The van der Waals surface area contributed by atoms with Gasteiger partial charge in [-0.3, -0.25) is 0 Å². The lowest BCUT2D eigenvalue weighted by molar-refractivity contribution is -0.597. The number of hydrogen-bond acceptors (Lipinski definition) is 1. The standard InChI is InChI=1S/C31H25IOS/c1-24-12-14-25(15-13-24)32-26-16-18-27(19-17-26)33-28-20-22-31(23-21-28)34(29-8-4-2-5-9-29)30-10-6-3-7-11-30/h2-23H,1H3/q+2. The van der Waals surface area contributed by atoms with Gasteiger partial charge in [-0.05, 0) is 91.9 Å². The number of hydrogen-bond donors (Lipinski definition) is 0. The van der Waals surface area contributed by atoms with Crippen LogP contribution in [-0.2, 0) is 10.9 Å². The molecule has 0 heterocycles. The summed E-state index contributed by atoms with van der Waals surface area (Å²) in [5.74, 6) is 1.73. The lowest BCUT2D eigenvalue weighted by Crippen LogP contribution is -3.61. The van der Waals surface area contributed by atoms with Gasteiger partial charge in [0.1, 0.15) is 11.5 Å². The quantitative estimate of drug-likeness (QED) is 0.197. The van der Waals surface area contributed by atoms with Gasteiger partial charge in [-0.25, -0.2) is 0 Å². The Morgan fingerprint density at radius 2 is 0.882 bits per heavy atom. The Kier molecular flexibility index (Phi) is 7.32. The van der Waals surface area contributed by atoms with Crippen molar-refractivity contribution < 1.29 is 25.9 Å². The molecule has 0 saturated carbocycles. The van der Waals surface area contributed by atoms with E-state index < -0.39 is 0 Å². The van der Waals surface area contributed by atoms with Crippen LogP contribution < -0.4 is 25.9 Å². The van der Waals surface area contributed by atoms with Crippen molar-refractivity contribution in [1.82, 2.24) is 0 Å². The maximum Gasteiger partial charge on any atom is 0.357 e. The van der Waals surface area contributed by atoms with Crippen molar-refractivity contribution in [2.24, 2.45) is 0 Å². The molecule has 1 nitrogen and oxygen atoms in total. The maximum atomic E-state index is 6.16. The van der Waals surface area contributed by atoms with Crippen LogP contribution in [0.2, 0.25) is 0 Å². The van der Waals surface area contributed by atoms with Gasteiger partial charge in [0, 0.05) is 0 Å². The lowest BCUT2D eigenvalue weighted by atomic mass is 10.2. The van der Waals surface area contributed by atoms with E-state index in [1.807, 2.05) is 0 Å². The SMILES string of the molecule is Cc1ccc([I+]c2ccc(Oc3ccc([S+](c4ccccc4)c4ccccc4)cc3)cc2)cc1. The van der Waals surface area contributed by atoms with Gasteiger partial charge in [-0.1, -0.05) is 54.1 Å². The molecule has 0 unspecified atom stereocenters. The molecule has 0 saturated heterocycles. The summed E-state index contributed by atoms with van der Waals surface area (Å²) in [4.78, 5) is 3.91. The third-order valence-electron chi connectivity index (χ3n) is 5.30. The second-order valence-electron chi connectivity index (χ2n) is 7.85. The summed E-state index contributed by atoms with van der Waals surface area (Å²) in [5, 5.41) is 0. The largest absolute Gasteiger partial charge is 0.457 e. The summed E-state index contributed by atoms with van der Waals surface area (Å²) in [6.45, 7) is 2.13. The number of halogens is 1. The van der Waals surface area contributed by atoms with Crippen molar-refractivity contribution in [3.05, 3.63) is 146 Å². The van der Waals surface area contributed by atoms with Crippen molar-refractivity contribution in [2.75, 3.05) is 0 Å². The summed E-state index contributed by atoms with van der Waals surface area (Å²) in [5.41, 5.74) is 1.31. The Morgan fingerprint density at radius 1 is 0.471 bits per heavy atom. The zero-order valence-corrected chi connectivity index (χ0v) is 21.9. The van der Waals surface area contributed by atoms with Crippen LogP contribution in [0.5, 0.6) is 11.5 Å². The van der Waals surface area contributed by atoms with Gasteiger partial charge in [0.25, 0.3) is 0 Å². The minimum atomic E-state index is -0.169. The molecule has 0 spiro atoms. The van der Waals surface area contributed by atoms with E-state index >= 15 is 0 Å². The van der Waals surface area contributed by atoms with Crippen molar-refractivity contribution in [1.29, 1.82) is 0 Å². The predicted octanol–water partition coefficient (Wildman–Crippen LogP) is 5.01. The van der Waals surface area contributed by atoms with Crippen molar-refractivity contribution in [3.63, 3.8) is 0 Å². The van der Waals surface area contributed by atoms with Gasteiger partial charge in [0.15, 0.2) is 21.8 Å². The topological polar surface area (TPSA) is 9.23 Å². The van der Waals surface area contributed by atoms with Gasteiger partial charge in [-0.15, -0.1) is 0 Å². The molecule has 0 fully saturated rings. The Balaban J connectivity index is 1.31. The molecule has 5 aromatic rings. The number of rotatable bonds is 7. The summed E-state index contributed by atoms with van der Waals surface area (Å²) in [6.07, 6.45) is 0. The summed E-state index contributed by atoms with van der Waals surface area (Å²) in [6, 6.07) is 47.4. The molecule has 34 heavy (non-hydrogen) atoms.